The molecule has 4 nitrogen and oxygen atoms in total. The van der Waals surface area contributed by atoms with Crippen LogP contribution in [0, 0.1) is 11.3 Å². The number of hydrogen-bond donors (Lipinski definition) is 2. The van der Waals surface area contributed by atoms with E-state index < -0.39 is 5.60 Å². The number of hydrogen-bond acceptors (Lipinski definition) is 3. The third-order valence-electron chi connectivity index (χ3n) is 5.02. The van der Waals surface area contributed by atoms with Crippen LogP contribution in [0.4, 0.5) is 4.79 Å². The van der Waals surface area contributed by atoms with E-state index in [0.717, 1.165) is 12.8 Å². The van der Waals surface area contributed by atoms with Gasteiger partial charge in [0, 0.05) is 12.0 Å². The molecule has 1 atom stereocenters. The molecule has 0 spiro atoms. The Labute approximate surface area is 148 Å². The summed E-state index contributed by atoms with van der Waals surface area (Å²) in [5, 5.41) is 12.9. The lowest BCUT2D eigenvalue weighted by atomic mass is 9.78. The first-order chi connectivity index (χ1) is 11.3. The zero-order valence-corrected chi connectivity index (χ0v) is 16.3. The van der Waals surface area contributed by atoms with E-state index in [-0.39, 0.29) is 18.1 Å². The second-order valence-corrected chi connectivity index (χ2v) is 8.52. The lowest BCUT2D eigenvalue weighted by Crippen LogP contribution is -2.43. The summed E-state index contributed by atoms with van der Waals surface area (Å²) >= 11 is 0. The molecule has 2 N–H and O–H groups in total. The quantitative estimate of drug-likeness (QED) is 0.489. The summed E-state index contributed by atoms with van der Waals surface area (Å²) in [5.41, 5.74) is -0.635. The van der Waals surface area contributed by atoms with Crippen LogP contribution in [0.3, 0.4) is 0 Å². The van der Waals surface area contributed by atoms with Gasteiger partial charge in [-0.15, -0.1) is 0 Å². The van der Waals surface area contributed by atoms with Crippen LogP contribution in [0.1, 0.15) is 91.9 Å². The first-order valence-electron chi connectivity index (χ1n) is 9.91. The Morgan fingerprint density at radius 1 is 1.08 bits per heavy atom. The minimum atomic E-state index is -0.482. The number of alkyl carbamates (subject to hydrolysis) is 1. The molecule has 0 aromatic heterocycles. The van der Waals surface area contributed by atoms with Crippen LogP contribution < -0.4 is 5.32 Å². The van der Waals surface area contributed by atoms with Crippen molar-refractivity contribution in [3.8, 4) is 0 Å². The summed E-state index contributed by atoms with van der Waals surface area (Å²) in [6, 6.07) is 0. The second-order valence-electron chi connectivity index (χ2n) is 8.52. The Balaban J connectivity index is 2.36. The predicted molar refractivity (Wildman–Crippen MR) is 99.1 cm³/mol. The third-order valence-corrected chi connectivity index (χ3v) is 5.02. The summed E-state index contributed by atoms with van der Waals surface area (Å²) in [4.78, 5) is 11.9. The maximum absolute atomic E-state index is 11.9. The Kier molecular flexibility index (Phi) is 9.11. The van der Waals surface area contributed by atoms with Crippen molar-refractivity contribution in [3.05, 3.63) is 0 Å². The number of aliphatic hydroxyl groups excluding tert-OH is 1. The molecule has 4 heteroatoms. The molecule has 1 unspecified atom stereocenters. The fourth-order valence-electron chi connectivity index (χ4n) is 3.39. The van der Waals surface area contributed by atoms with E-state index in [2.05, 4.69) is 12.2 Å². The summed E-state index contributed by atoms with van der Waals surface area (Å²) in [6.45, 7) is 8.52. The minimum Gasteiger partial charge on any atom is -0.444 e. The third kappa shape index (κ3) is 8.36. The molecule has 24 heavy (non-hydrogen) atoms. The molecule has 0 radical (unpaired) electrons. The van der Waals surface area contributed by atoms with E-state index in [4.69, 9.17) is 4.74 Å². The highest BCUT2D eigenvalue weighted by Crippen LogP contribution is 2.48. The zero-order valence-electron chi connectivity index (χ0n) is 16.3. The van der Waals surface area contributed by atoms with Crippen molar-refractivity contribution in [3.63, 3.8) is 0 Å². The molecule has 1 aliphatic carbocycles. The van der Waals surface area contributed by atoms with Crippen molar-refractivity contribution < 1.29 is 14.6 Å². The number of nitrogens with one attached hydrogen (secondary N) is 1. The number of unbranched alkanes of at least 4 members (excludes halogenated alkanes) is 6. The van der Waals surface area contributed by atoms with Gasteiger partial charge < -0.3 is 15.2 Å². The molecule has 1 fully saturated rings. The van der Waals surface area contributed by atoms with Gasteiger partial charge in [0.05, 0.1) is 6.61 Å². The Morgan fingerprint density at radius 2 is 1.67 bits per heavy atom. The lowest BCUT2D eigenvalue weighted by molar-refractivity contribution is 0.0420. The topological polar surface area (TPSA) is 58.6 Å². The normalized spacial score (nSPS) is 17.4. The number of ether oxygens (including phenoxy) is 1. The predicted octanol–water partition coefficient (Wildman–Crippen LogP) is 5.04. The van der Waals surface area contributed by atoms with Crippen molar-refractivity contribution in [2.24, 2.45) is 11.3 Å². The van der Waals surface area contributed by atoms with Crippen LogP contribution in [0.5, 0.6) is 0 Å². The van der Waals surface area contributed by atoms with Gasteiger partial charge in [-0.05, 0) is 46.0 Å². The molecule has 142 valence electrons. The lowest BCUT2D eigenvalue weighted by Gasteiger charge is -2.33. The van der Waals surface area contributed by atoms with E-state index in [0.29, 0.717) is 12.5 Å². The van der Waals surface area contributed by atoms with Crippen molar-refractivity contribution in [1.29, 1.82) is 0 Å². The Bertz CT molecular complexity index is 360. The Hall–Kier alpha value is -0.770. The molecule has 0 aromatic rings. The first kappa shape index (κ1) is 21.3. The highest BCUT2D eigenvalue weighted by Gasteiger charge is 2.44. The van der Waals surface area contributed by atoms with Crippen LogP contribution in [-0.4, -0.2) is 30.0 Å². The average Bonchev–Trinajstić information content (AvgIpc) is 3.33. The van der Waals surface area contributed by atoms with Gasteiger partial charge in [0.2, 0.25) is 0 Å². The van der Waals surface area contributed by atoms with Crippen molar-refractivity contribution in [2.75, 3.05) is 13.2 Å². The highest BCUT2D eigenvalue weighted by atomic mass is 16.6. The smallest absolute Gasteiger partial charge is 0.407 e. The van der Waals surface area contributed by atoms with E-state index in [9.17, 15) is 9.90 Å². The fourth-order valence-corrected chi connectivity index (χ4v) is 3.39. The SMILES string of the molecule is CCCCCCCCCC(CO)(CNC(=O)OC(C)(C)C)C1CC1. The molecular weight excluding hydrogens is 302 g/mol. The van der Waals surface area contributed by atoms with E-state index in [1.807, 2.05) is 20.8 Å². The minimum absolute atomic E-state index is 0.152. The highest BCUT2D eigenvalue weighted by molar-refractivity contribution is 5.67. The van der Waals surface area contributed by atoms with Crippen molar-refractivity contribution >= 4 is 6.09 Å². The van der Waals surface area contributed by atoms with E-state index >= 15 is 0 Å². The molecule has 0 aromatic carbocycles. The summed E-state index contributed by atoms with van der Waals surface area (Å²) < 4.78 is 5.33. The van der Waals surface area contributed by atoms with Crippen LogP contribution in [0.15, 0.2) is 0 Å². The number of aliphatic hydroxyl groups is 1. The number of rotatable bonds is 12. The van der Waals surface area contributed by atoms with E-state index in [1.165, 1.54) is 51.4 Å². The molecule has 0 saturated heterocycles. The van der Waals surface area contributed by atoms with Crippen LogP contribution in [0.2, 0.25) is 0 Å². The van der Waals surface area contributed by atoms with Gasteiger partial charge in [-0.25, -0.2) is 4.79 Å². The second kappa shape index (κ2) is 10.3. The molecule has 1 rings (SSSR count). The molecule has 0 bridgehead atoms. The van der Waals surface area contributed by atoms with Gasteiger partial charge in [0.1, 0.15) is 5.60 Å². The maximum atomic E-state index is 11.9. The summed E-state index contributed by atoms with van der Waals surface area (Å²) in [5.74, 6) is 0.553. The molecule has 1 saturated carbocycles. The van der Waals surface area contributed by atoms with Gasteiger partial charge in [-0.3, -0.25) is 0 Å². The first-order valence-corrected chi connectivity index (χ1v) is 9.91. The van der Waals surface area contributed by atoms with Gasteiger partial charge in [0.15, 0.2) is 0 Å². The molecular formula is C20H39NO3. The number of carbonyl (C=O) groups excluding carboxylic acids is 1. The van der Waals surface area contributed by atoms with Gasteiger partial charge in [-0.1, -0.05) is 51.9 Å². The van der Waals surface area contributed by atoms with Crippen molar-refractivity contribution in [1.82, 2.24) is 5.32 Å². The van der Waals surface area contributed by atoms with Gasteiger partial charge in [-0.2, -0.15) is 0 Å². The van der Waals surface area contributed by atoms with Crippen LogP contribution in [-0.2, 0) is 4.74 Å². The zero-order chi connectivity index (χ0) is 18.1. The summed E-state index contributed by atoms with van der Waals surface area (Å²) in [6.07, 6.45) is 11.9. The summed E-state index contributed by atoms with van der Waals surface area (Å²) in [7, 11) is 0. The molecule has 1 amide bonds. The van der Waals surface area contributed by atoms with E-state index in [1.54, 1.807) is 0 Å². The van der Waals surface area contributed by atoms with Crippen molar-refractivity contribution in [2.45, 2.75) is 97.5 Å². The maximum Gasteiger partial charge on any atom is 0.407 e. The average molecular weight is 342 g/mol. The molecule has 0 heterocycles. The van der Waals surface area contributed by atoms with Crippen LogP contribution in [0.25, 0.3) is 0 Å². The molecule has 1 aliphatic rings. The monoisotopic (exact) mass is 341 g/mol. The number of carbonyl (C=O) groups is 1. The standard InChI is InChI=1S/C20H39NO3/c1-5-6-7-8-9-10-11-14-20(16-22,17-12-13-17)15-21-18(23)24-19(2,3)4/h17,22H,5-16H2,1-4H3,(H,21,23). The number of amides is 1. The molecule has 0 aliphatic heterocycles. The largest absolute Gasteiger partial charge is 0.444 e. The Morgan fingerprint density at radius 3 is 2.17 bits per heavy atom. The van der Waals surface area contributed by atoms with Gasteiger partial charge >= 0.3 is 6.09 Å². The van der Waals surface area contributed by atoms with Crippen LogP contribution >= 0.6 is 0 Å². The fraction of sp³-hybridized carbons (Fsp3) is 0.950. The van der Waals surface area contributed by atoms with Gasteiger partial charge in [0.25, 0.3) is 0 Å².